The average Bonchev–Trinajstić information content (AvgIpc) is 2.11. The number of hydrogen-bond acceptors (Lipinski definition) is 3. The van der Waals surface area contributed by atoms with Crippen LogP contribution in [0.15, 0.2) is 0 Å². The molecule has 66 valence electrons. The molecule has 0 aromatic rings. The van der Waals surface area contributed by atoms with E-state index >= 15 is 0 Å². The molecule has 0 unspecified atom stereocenters. The highest BCUT2D eigenvalue weighted by Crippen LogP contribution is 2.20. The summed E-state index contributed by atoms with van der Waals surface area (Å²) < 4.78 is 0. The van der Waals surface area contributed by atoms with E-state index in [2.05, 4.69) is 25.7 Å². The van der Waals surface area contributed by atoms with Crippen LogP contribution in [-0.4, -0.2) is 45.9 Å². The Hall–Kier alpha value is -0.120. The van der Waals surface area contributed by atoms with E-state index in [1.54, 1.807) is 0 Å². The highest BCUT2D eigenvalue weighted by Gasteiger charge is 2.35. The minimum atomic E-state index is -0.561. The second kappa shape index (κ2) is 2.73. The third-order valence-electron chi connectivity index (χ3n) is 2.21. The predicted molar refractivity (Wildman–Crippen MR) is 43.3 cm³/mol. The van der Waals surface area contributed by atoms with Gasteiger partial charge in [0.25, 0.3) is 0 Å². The van der Waals surface area contributed by atoms with E-state index < -0.39 is 12.2 Å². The Labute approximate surface area is 67.6 Å². The molecule has 0 aromatic heterocycles. The average molecular weight is 159 g/mol. The van der Waals surface area contributed by atoms with Crippen molar-refractivity contribution in [2.24, 2.45) is 0 Å². The van der Waals surface area contributed by atoms with Gasteiger partial charge in [-0.05, 0) is 20.8 Å². The lowest BCUT2D eigenvalue weighted by Gasteiger charge is -2.31. The molecule has 2 N–H and O–H groups in total. The Morgan fingerprint density at radius 2 is 1.45 bits per heavy atom. The molecule has 0 aliphatic carbocycles. The van der Waals surface area contributed by atoms with Crippen molar-refractivity contribution in [3.05, 3.63) is 0 Å². The fraction of sp³-hybridized carbons (Fsp3) is 1.00. The third-order valence-corrected chi connectivity index (χ3v) is 2.21. The fourth-order valence-corrected chi connectivity index (χ4v) is 1.32. The maximum Gasteiger partial charge on any atom is 0.0938 e. The molecule has 1 aliphatic heterocycles. The molecule has 0 bridgehead atoms. The van der Waals surface area contributed by atoms with Gasteiger partial charge in [-0.2, -0.15) is 0 Å². The summed E-state index contributed by atoms with van der Waals surface area (Å²) in [6.45, 7) is 7.42. The van der Waals surface area contributed by atoms with E-state index in [0.29, 0.717) is 13.1 Å². The molecular formula is C8H17NO2. The first kappa shape index (κ1) is 8.97. The van der Waals surface area contributed by atoms with Crippen LogP contribution in [0.5, 0.6) is 0 Å². The third kappa shape index (κ3) is 1.92. The predicted octanol–water partition coefficient (Wildman–Crippen LogP) is -0.178. The van der Waals surface area contributed by atoms with Gasteiger partial charge >= 0.3 is 0 Å². The Kier molecular flexibility index (Phi) is 2.23. The van der Waals surface area contributed by atoms with Gasteiger partial charge in [-0.15, -0.1) is 0 Å². The molecule has 0 radical (unpaired) electrons. The van der Waals surface area contributed by atoms with E-state index in [0.717, 1.165) is 0 Å². The monoisotopic (exact) mass is 159 g/mol. The molecule has 0 amide bonds. The van der Waals surface area contributed by atoms with Gasteiger partial charge in [0, 0.05) is 18.6 Å². The Morgan fingerprint density at radius 3 is 1.64 bits per heavy atom. The minimum absolute atomic E-state index is 0.0540. The maximum absolute atomic E-state index is 9.24. The molecule has 0 saturated carbocycles. The lowest BCUT2D eigenvalue weighted by molar-refractivity contribution is 0.0572. The second-order valence-electron chi connectivity index (χ2n) is 4.21. The van der Waals surface area contributed by atoms with Crippen molar-refractivity contribution in [2.45, 2.75) is 38.5 Å². The van der Waals surface area contributed by atoms with E-state index in [1.165, 1.54) is 0 Å². The zero-order valence-corrected chi connectivity index (χ0v) is 7.41. The van der Waals surface area contributed by atoms with Gasteiger partial charge in [0.1, 0.15) is 0 Å². The van der Waals surface area contributed by atoms with E-state index in [9.17, 15) is 10.2 Å². The Bertz CT molecular complexity index is 132. The van der Waals surface area contributed by atoms with Crippen molar-refractivity contribution in [3.8, 4) is 0 Å². The van der Waals surface area contributed by atoms with Crippen LogP contribution in [0.25, 0.3) is 0 Å². The summed E-state index contributed by atoms with van der Waals surface area (Å²) in [5.74, 6) is 0. The van der Waals surface area contributed by atoms with Gasteiger partial charge in [0.05, 0.1) is 12.2 Å². The molecule has 0 aromatic carbocycles. The van der Waals surface area contributed by atoms with Crippen LogP contribution >= 0.6 is 0 Å². The molecule has 11 heavy (non-hydrogen) atoms. The molecule has 1 rings (SSSR count). The van der Waals surface area contributed by atoms with E-state index in [1.807, 2.05) is 0 Å². The number of nitrogens with zero attached hydrogens (tertiary/aromatic N) is 1. The molecule has 3 nitrogen and oxygen atoms in total. The van der Waals surface area contributed by atoms with Gasteiger partial charge in [0.15, 0.2) is 0 Å². The fourth-order valence-electron chi connectivity index (χ4n) is 1.32. The summed E-state index contributed by atoms with van der Waals surface area (Å²) in [5, 5.41) is 18.5. The highest BCUT2D eigenvalue weighted by molar-refractivity contribution is 4.89. The Balaban J connectivity index is 2.54. The Morgan fingerprint density at radius 1 is 1.09 bits per heavy atom. The SMILES string of the molecule is CC(C)(C)N1C[C@H](O)[C@@H](O)C1. The smallest absolute Gasteiger partial charge is 0.0938 e. The van der Waals surface area contributed by atoms with Crippen molar-refractivity contribution < 1.29 is 10.2 Å². The summed E-state index contributed by atoms with van der Waals surface area (Å²) in [6, 6.07) is 0. The van der Waals surface area contributed by atoms with Gasteiger partial charge in [0.2, 0.25) is 0 Å². The first-order valence-electron chi connectivity index (χ1n) is 4.02. The number of rotatable bonds is 0. The highest BCUT2D eigenvalue weighted by atomic mass is 16.3. The molecular weight excluding hydrogens is 142 g/mol. The van der Waals surface area contributed by atoms with E-state index in [-0.39, 0.29) is 5.54 Å². The molecule has 1 aliphatic rings. The summed E-state index contributed by atoms with van der Waals surface area (Å²) in [6.07, 6.45) is -1.12. The van der Waals surface area contributed by atoms with Crippen molar-refractivity contribution >= 4 is 0 Å². The number of β-amino-alcohol motifs (C(OH)–C–C–N with tert-alkyl or cyclic N) is 2. The van der Waals surface area contributed by atoms with Gasteiger partial charge < -0.3 is 10.2 Å². The number of hydrogen-bond donors (Lipinski definition) is 2. The summed E-state index contributed by atoms with van der Waals surface area (Å²) in [5.41, 5.74) is 0.0540. The van der Waals surface area contributed by atoms with Crippen LogP contribution in [-0.2, 0) is 0 Å². The van der Waals surface area contributed by atoms with Crippen LogP contribution < -0.4 is 0 Å². The first-order valence-corrected chi connectivity index (χ1v) is 4.02. The largest absolute Gasteiger partial charge is 0.389 e. The van der Waals surface area contributed by atoms with Crippen LogP contribution in [0.4, 0.5) is 0 Å². The lowest BCUT2D eigenvalue weighted by atomic mass is 10.1. The number of likely N-dealkylation sites (tertiary alicyclic amines) is 1. The van der Waals surface area contributed by atoms with Gasteiger partial charge in [-0.25, -0.2) is 0 Å². The van der Waals surface area contributed by atoms with Crippen LogP contribution in [0.2, 0.25) is 0 Å². The first-order chi connectivity index (χ1) is 4.91. The quantitative estimate of drug-likeness (QED) is 0.515. The van der Waals surface area contributed by atoms with Crippen LogP contribution in [0.3, 0.4) is 0 Å². The normalized spacial score (nSPS) is 34.6. The number of aliphatic hydroxyl groups is 2. The van der Waals surface area contributed by atoms with Crippen LogP contribution in [0, 0.1) is 0 Å². The standard InChI is InChI=1S/C8H17NO2/c1-8(2,3)9-4-6(10)7(11)5-9/h6-7,10-11H,4-5H2,1-3H3/t6-,7-/m0/s1. The van der Waals surface area contributed by atoms with Crippen molar-refractivity contribution in [1.82, 2.24) is 4.90 Å². The van der Waals surface area contributed by atoms with Crippen molar-refractivity contribution in [2.75, 3.05) is 13.1 Å². The number of aliphatic hydroxyl groups excluding tert-OH is 2. The summed E-state index contributed by atoms with van der Waals surface area (Å²) in [4.78, 5) is 2.09. The maximum atomic E-state index is 9.24. The summed E-state index contributed by atoms with van der Waals surface area (Å²) >= 11 is 0. The van der Waals surface area contributed by atoms with E-state index in [4.69, 9.17) is 0 Å². The molecule has 3 heteroatoms. The lowest BCUT2D eigenvalue weighted by Crippen LogP contribution is -2.40. The molecule has 2 atom stereocenters. The second-order valence-corrected chi connectivity index (χ2v) is 4.21. The van der Waals surface area contributed by atoms with Crippen molar-refractivity contribution in [3.63, 3.8) is 0 Å². The zero-order chi connectivity index (χ0) is 8.65. The molecule has 0 spiro atoms. The topological polar surface area (TPSA) is 43.7 Å². The molecule has 1 saturated heterocycles. The summed E-state index contributed by atoms with van der Waals surface area (Å²) in [7, 11) is 0. The minimum Gasteiger partial charge on any atom is -0.389 e. The van der Waals surface area contributed by atoms with Gasteiger partial charge in [-0.1, -0.05) is 0 Å². The molecule has 1 heterocycles. The van der Waals surface area contributed by atoms with Crippen LogP contribution in [0.1, 0.15) is 20.8 Å². The zero-order valence-electron chi connectivity index (χ0n) is 7.41. The molecule has 1 fully saturated rings. The van der Waals surface area contributed by atoms with Crippen molar-refractivity contribution in [1.29, 1.82) is 0 Å². The van der Waals surface area contributed by atoms with Gasteiger partial charge in [-0.3, -0.25) is 4.90 Å².